The Morgan fingerprint density at radius 2 is 1.17 bits per heavy atom. The molecule has 58 heavy (non-hydrogen) atoms. The van der Waals surface area contributed by atoms with E-state index in [0.29, 0.717) is 19.3 Å². The average Bonchev–Trinajstić information content (AvgIpc) is 3.20. The van der Waals surface area contributed by atoms with Crippen LogP contribution in [-0.2, 0) is 37.7 Å². The molecule has 1 saturated heterocycles. The van der Waals surface area contributed by atoms with Crippen LogP contribution in [0, 0.1) is 5.92 Å². The summed E-state index contributed by atoms with van der Waals surface area (Å²) in [7, 11) is -5.04. The molecule has 1 unspecified atom stereocenters. The average molecular weight is 851 g/mol. The number of phosphoric ester groups is 1. The lowest BCUT2D eigenvalue weighted by molar-refractivity contribution is -0.194. The second-order valence-electron chi connectivity index (χ2n) is 16.6. The number of unbranched alkanes of at least 4 members (excludes halogenated alkanes) is 22. The minimum absolute atomic E-state index is 0.209. The number of rotatable bonds is 40. The zero-order valence-corrected chi connectivity index (χ0v) is 37.4. The van der Waals surface area contributed by atoms with Crippen molar-refractivity contribution < 1.29 is 57.7 Å². The molecule has 0 aliphatic carbocycles. The van der Waals surface area contributed by atoms with E-state index in [2.05, 4.69) is 31.0 Å². The molecule has 5 N–H and O–H groups in total. The van der Waals surface area contributed by atoms with Crippen LogP contribution in [0.2, 0.25) is 0 Å². The van der Waals surface area contributed by atoms with Gasteiger partial charge in [0.25, 0.3) is 0 Å². The second-order valence-corrected chi connectivity index (χ2v) is 17.7. The smallest absolute Gasteiger partial charge is 0.470 e. The highest BCUT2D eigenvalue weighted by Gasteiger charge is 2.48. The molecular formula is C44H84NO12P. The molecule has 1 rings (SSSR count). The van der Waals surface area contributed by atoms with Gasteiger partial charge in [-0.2, -0.15) is 0 Å². The quantitative estimate of drug-likeness (QED) is 0.0223. The molecule has 0 radical (unpaired) electrons. The first-order chi connectivity index (χ1) is 28.5. The number of aliphatic carboxylic acids is 1. The molecule has 0 spiro atoms. The maximum Gasteiger partial charge on any atom is 0.470 e. The molecule has 342 valence electrons. The third kappa shape index (κ3) is 28.8. The SMILES string of the molecule is [2H]OP(=O)(O)O[C@H]1[C@H](OC(=O)C(CCCCCCCC)CCCCCCCC)[C@@H](NC(=O)C[C@H](O)CCCCCCCCCCCCCCC)CO[C@@H]1COCC(=O)O. The summed E-state index contributed by atoms with van der Waals surface area (Å²) in [5.41, 5.74) is 0. The van der Waals surface area contributed by atoms with E-state index in [1.807, 2.05) is 0 Å². The monoisotopic (exact) mass is 851 g/mol. The molecule has 1 heterocycles. The summed E-state index contributed by atoms with van der Waals surface area (Å²) < 4.78 is 42.4. The summed E-state index contributed by atoms with van der Waals surface area (Å²) in [6.45, 7) is 5.22. The van der Waals surface area contributed by atoms with Gasteiger partial charge in [-0.15, -0.1) is 0 Å². The van der Waals surface area contributed by atoms with Crippen molar-refractivity contribution in [2.45, 2.75) is 237 Å². The van der Waals surface area contributed by atoms with E-state index in [9.17, 15) is 28.9 Å². The molecule has 0 aromatic carbocycles. The molecule has 6 atom stereocenters. The van der Waals surface area contributed by atoms with Crippen molar-refractivity contribution in [3.8, 4) is 0 Å². The van der Waals surface area contributed by atoms with Crippen LogP contribution in [-0.4, -0.2) is 89.6 Å². The van der Waals surface area contributed by atoms with Gasteiger partial charge in [-0.3, -0.25) is 14.1 Å². The number of carbonyl (C=O) groups is 3. The normalized spacial score (nSPS) is 20.1. The summed E-state index contributed by atoms with van der Waals surface area (Å²) in [4.78, 5) is 52.8. The fourth-order valence-electron chi connectivity index (χ4n) is 7.75. The van der Waals surface area contributed by atoms with E-state index in [-0.39, 0.29) is 13.0 Å². The zero-order valence-electron chi connectivity index (χ0n) is 37.6. The van der Waals surface area contributed by atoms with Gasteiger partial charge >= 0.3 is 19.8 Å². The van der Waals surface area contributed by atoms with Gasteiger partial charge in [-0.25, -0.2) is 9.36 Å². The van der Waals surface area contributed by atoms with Gasteiger partial charge in [0.1, 0.15) is 18.8 Å². The van der Waals surface area contributed by atoms with Gasteiger partial charge in [0.15, 0.2) is 6.10 Å². The lowest BCUT2D eigenvalue weighted by Gasteiger charge is -2.42. The Balaban J connectivity index is 2.98. The van der Waals surface area contributed by atoms with Gasteiger partial charge in [-0.05, 0) is 19.3 Å². The number of phosphoric acid groups is 1. The van der Waals surface area contributed by atoms with Crippen molar-refractivity contribution in [2.75, 3.05) is 19.8 Å². The first kappa shape index (κ1) is 52.5. The Hall–Kier alpha value is -1.60. The number of ether oxygens (including phenoxy) is 3. The number of aliphatic hydroxyl groups excluding tert-OH is 1. The van der Waals surface area contributed by atoms with Crippen molar-refractivity contribution in [3.05, 3.63) is 0 Å². The van der Waals surface area contributed by atoms with Crippen LogP contribution in [0.3, 0.4) is 0 Å². The topological polar surface area (TPSA) is 198 Å². The summed E-state index contributed by atoms with van der Waals surface area (Å²) in [5, 5.41) is 22.7. The molecule has 14 heteroatoms. The van der Waals surface area contributed by atoms with Crippen molar-refractivity contribution >= 4 is 25.7 Å². The first-order valence-electron chi connectivity index (χ1n) is 23.6. The molecule has 1 fully saturated rings. The highest BCUT2D eigenvalue weighted by atomic mass is 31.2. The number of carboxylic acids is 1. The summed E-state index contributed by atoms with van der Waals surface area (Å²) in [6.07, 6.45) is 24.6. The Labute approximate surface area is 352 Å². The fourth-order valence-corrected chi connectivity index (χ4v) is 8.31. The molecule has 0 bridgehead atoms. The third-order valence-electron chi connectivity index (χ3n) is 11.1. The van der Waals surface area contributed by atoms with Crippen LogP contribution in [0.25, 0.3) is 0 Å². The van der Waals surface area contributed by atoms with E-state index in [4.69, 9.17) is 25.3 Å². The van der Waals surface area contributed by atoms with Crippen LogP contribution in [0.5, 0.6) is 0 Å². The highest BCUT2D eigenvalue weighted by Crippen LogP contribution is 2.41. The van der Waals surface area contributed by atoms with Gasteiger partial charge in [0, 0.05) is 0 Å². The largest absolute Gasteiger partial charge is 0.480 e. The predicted molar refractivity (Wildman–Crippen MR) is 227 cm³/mol. The number of aliphatic hydroxyl groups is 1. The fraction of sp³-hybridized carbons (Fsp3) is 0.932. The minimum Gasteiger partial charge on any atom is -0.480 e. The number of hydrogen-bond acceptors (Lipinski definition) is 10. The number of hydrogen-bond donors (Lipinski definition) is 5. The Morgan fingerprint density at radius 1 is 0.724 bits per heavy atom. The lowest BCUT2D eigenvalue weighted by atomic mass is 9.93. The molecule has 13 nitrogen and oxygen atoms in total. The maximum atomic E-state index is 14.1. The van der Waals surface area contributed by atoms with E-state index in [0.717, 1.165) is 103 Å². The van der Waals surface area contributed by atoms with Gasteiger partial charge in [0.05, 0.1) is 37.7 Å². The first-order valence-corrected chi connectivity index (χ1v) is 24.7. The van der Waals surface area contributed by atoms with Crippen molar-refractivity contribution in [1.82, 2.24) is 5.32 Å². The Kier molecular flexibility index (Phi) is 31.7. The summed E-state index contributed by atoms with van der Waals surface area (Å²) in [5.74, 6) is -2.79. The van der Waals surface area contributed by atoms with Crippen molar-refractivity contribution in [3.63, 3.8) is 0 Å². The zero-order chi connectivity index (χ0) is 43.6. The van der Waals surface area contributed by atoms with Gasteiger partial charge in [-0.1, -0.05) is 181 Å². The maximum absolute atomic E-state index is 14.1. The van der Waals surface area contributed by atoms with E-state index >= 15 is 0 Å². The highest BCUT2D eigenvalue weighted by molar-refractivity contribution is 7.46. The molecule has 0 saturated carbocycles. The van der Waals surface area contributed by atoms with Crippen LogP contribution >= 0.6 is 7.82 Å². The molecule has 1 aliphatic rings. The van der Waals surface area contributed by atoms with E-state index < -0.39 is 75.3 Å². The van der Waals surface area contributed by atoms with Gasteiger partial charge < -0.3 is 39.5 Å². The molecule has 1 amide bonds. The van der Waals surface area contributed by atoms with Gasteiger partial charge in [0.2, 0.25) is 7.34 Å². The Morgan fingerprint density at radius 3 is 1.62 bits per heavy atom. The van der Waals surface area contributed by atoms with Crippen molar-refractivity contribution in [2.24, 2.45) is 5.92 Å². The van der Waals surface area contributed by atoms with Crippen LogP contribution in [0.4, 0.5) is 0 Å². The second kappa shape index (κ2) is 35.0. The number of esters is 1. The molecule has 0 aromatic rings. The number of carbonyl (C=O) groups excluding carboxylic acids is 2. The summed E-state index contributed by atoms with van der Waals surface area (Å²) in [6, 6.07) is -1.06. The van der Waals surface area contributed by atoms with E-state index in [1.54, 1.807) is 0 Å². The minimum atomic E-state index is -5.04. The molecule has 1 aliphatic heterocycles. The molecular weight excluding hydrogens is 765 g/mol. The van der Waals surface area contributed by atoms with Crippen LogP contribution < -0.4 is 5.32 Å². The molecule has 0 aromatic heterocycles. The number of carboxylic acid groups (broad SMARTS) is 1. The van der Waals surface area contributed by atoms with Crippen LogP contribution in [0.15, 0.2) is 0 Å². The standard InChI is InChI=1S/C44H84NO12P/c1-4-7-10-13-16-17-18-19-20-21-22-25-28-31-37(46)32-40(47)45-38-33-55-39(34-54-35-41(48)49)43(57-58(51,52)53)42(38)56-44(50)36(29-26-23-14-11-8-5-2)30-27-24-15-12-9-6-3/h36-39,42-43,46H,4-35H2,1-3H3,(H,45,47)(H,48,49)(H2,51,52,53)/t37-,38+,39-,42-,43-/m1/s1/i/hD. The Bertz CT molecular complexity index is 1100. The summed E-state index contributed by atoms with van der Waals surface area (Å²) >= 11 is 0. The predicted octanol–water partition coefficient (Wildman–Crippen LogP) is 9.71. The third-order valence-corrected chi connectivity index (χ3v) is 11.7. The van der Waals surface area contributed by atoms with Crippen molar-refractivity contribution in [1.29, 1.82) is 1.43 Å². The number of amides is 1. The number of nitrogens with one attached hydrogen (secondary N) is 1. The van der Waals surface area contributed by atoms with E-state index in [1.165, 1.54) is 57.8 Å². The lowest BCUT2D eigenvalue weighted by Crippen LogP contribution is -2.62. The van der Waals surface area contributed by atoms with Crippen LogP contribution in [0.1, 0.15) is 207 Å².